The van der Waals surface area contributed by atoms with Crippen molar-refractivity contribution in [2.24, 2.45) is 0 Å². The molecular formula is C17H19N3O4S2. The minimum Gasteiger partial charge on any atom is -0.496 e. The van der Waals surface area contributed by atoms with Gasteiger partial charge in [-0.2, -0.15) is 8.42 Å². The second-order valence-corrected chi connectivity index (χ2v) is 7.63. The molecule has 1 N–H and O–H groups in total. The van der Waals surface area contributed by atoms with E-state index in [-0.39, 0.29) is 4.86 Å². The average molecular weight is 393 g/mol. The number of aryl methyl sites for hydroxylation is 1. The zero-order valence-electron chi connectivity index (χ0n) is 14.9. The van der Waals surface area contributed by atoms with Crippen molar-refractivity contribution in [1.29, 1.82) is 0 Å². The van der Waals surface area contributed by atoms with Crippen molar-refractivity contribution in [3.63, 3.8) is 0 Å². The smallest absolute Gasteiger partial charge is 0.222 e. The fraction of sp³-hybridized carbons (Fsp3) is 0.353. The van der Waals surface area contributed by atoms with Gasteiger partial charge in [0.15, 0.2) is 5.16 Å². The molecule has 2 heterocycles. The maximum Gasteiger partial charge on any atom is 0.222 e. The van der Waals surface area contributed by atoms with Gasteiger partial charge >= 0.3 is 0 Å². The lowest BCUT2D eigenvalue weighted by Crippen LogP contribution is -2.26. The number of nitrogens with zero attached hydrogens (tertiary/aromatic N) is 2. The topological polar surface area (TPSA) is 94.2 Å². The van der Waals surface area contributed by atoms with Gasteiger partial charge < -0.3 is 14.5 Å². The molecule has 0 amide bonds. The van der Waals surface area contributed by atoms with E-state index < -0.39 is 16.4 Å². The Bertz CT molecular complexity index is 1000. The molecule has 2 aromatic heterocycles. The molecular weight excluding hydrogens is 374 g/mol. The summed E-state index contributed by atoms with van der Waals surface area (Å²) >= 11 is 1.46. The Labute approximate surface area is 157 Å². The molecule has 0 aromatic carbocycles. The fourth-order valence-corrected chi connectivity index (χ4v) is 4.44. The van der Waals surface area contributed by atoms with Crippen LogP contribution < -0.4 is 4.74 Å². The number of rotatable bonds is 5. The van der Waals surface area contributed by atoms with Crippen molar-refractivity contribution in [3.8, 4) is 5.75 Å². The van der Waals surface area contributed by atoms with Gasteiger partial charge in [0, 0.05) is 30.2 Å². The maximum atomic E-state index is 11.6. The Morgan fingerprint density at radius 2 is 2.08 bits per heavy atom. The molecule has 3 rings (SSSR count). The van der Waals surface area contributed by atoms with Crippen molar-refractivity contribution in [2.75, 3.05) is 14.2 Å². The molecule has 0 saturated carbocycles. The lowest BCUT2D eigenvalue weighted by atomic mass is 10.1. The van der Waals surface area contributed by atoms with Crippen LogP contribution in [0.5, 0.6) is 5.75 Å². The fourth-order valence-electron chi connectivity index (χ4n) is 2.86. The minimum absolute atomic E-state index is 0.138. The zero-order chi connectivity index (χ0) is 18.8. The molecule has 7 nitrogen and oxygen atoms in total. The number of aromatic nitrogens is 3. The second-order valence-electron chi connectivity index (χ2n) is 5.75. The average Bonchev–Trinajstić information content (AvgIpc) is 3.03. The minimum atomic E-state index is -2.41. The maximum absolute atomic E-state index is 11.6. The molecule has 1 atom stereocenters. The summed E-state index contributed by atoms with van der Waals surface area (Å²) in [5, 5.41) is 0.625. The predicted molar refractivity (Wildman–Crippen MR) is 101 cm³/mol. The third-order valence-electron chi connectivity index (χ3n) is 4.17. The highest BCUT2D eigenvalue weighted by molar-refractivity contribution is 7.98. The molecule has 0 radical (unpaired) electrons. The van der Waals surface area contributed by atoms with Gasteiger partial charge in [-0.05, 0) is 26.0 Å². The van der Waals surface area contributed by atoms with Gasteiger partial charge in [-0.3, -0.25) is 4.98 Å². The first-order valence-corrected chi connectivity index (χ1v) is 9.91. The Kier molecular flexibility index (Phi) is 5.49. The van der Waals surface area contributed by atoms with Crippen molar-refractivity contribution in [2.45, 2.75) is 30.9 Å². The summed E-state index contributed by atoms with van der Waals surface area (Å²) in [4.78, 5) is 12.2. The number of H-pyrrole nitrogens is 1. The first kappa shape index (κ1) is 18.7. The standard InChI is InChI=1S/C17H19N3O4S2/c1-9-7-18-12(10(2)15(9)24-4)8-25-17-19-11-5-6-13(23-3)16(26(21)22)14(11)20-17/h5-7,13H,8H2,1-4H3,(H,19,20). The van der Waals surface area contributed by atoms with Gasteiger partial charge in [-0.25, -0.2) is 4.98 Å². The quantitative estimate of drug-likeness (QED) is 0.614. The summed E-state index contributed by atoms with van der Waals surface area (Å²) in [5.74, 6) is 1.42. The third-order valence-corrected chi connectivity index (χ3v) is 5.84. The molecule has 1 aliphatic carbocycles. The number of aromatic amines is 1. The van der Waals surface area contributed by atoms with Gasteiger partial charge in [-0.1, -0.05) is 11.8 Å². The summed E-state index contributed by atoms with van der Waals surface area (Å²) in [7, 11) is 0.701. The van der Waals surface area contributed by atoms with E-state index in [1.165, 1.54) is 18.9 Å². The molecule has 1 unspecified atom stereocenters. The van der Waals surface area contributed by atoms with Gasteiger partial charge in [-0.15, -0.1) is 0 Å². The van der Waals surface area contributed by atoms with Crippen LogP contribution in [-0.4, -0.2) is 48.6 Å². The monoisotopic (exact) mass is 393 g/mol. The number of fused-ring (bicyclic) bond motifs is 1. The van der Waals surface area contributed by atoms with Crippen LogP contribution >= 0.6 is 11.8 Å². The van der Waals surface area contributed by atoms with Crippen LogP contribution in [0.15, 0.2) is 17.4 Å². The number of thioether (sulfide) groups is 1. The normalized spacial score (nSPS) is 15.8. The van der Waals surface area contributed by atoms with Crippen LogP contribution in [0.4, 0.5) is 0 Å². The largest absolute Gasteiger partial charge is 0.496 e. The van der Waals surface area contributed by atoms with Crippen molar-refractivity contribution >= 4 is 33.0 Å². The van der Waals surface area contributed by atoms with Gasteiger partial charge in [0.05, 0.1) is 18.5 Å². The van der Waals surface area contributed by atoms with Gasteiger partial charge in [0.25, 0.3) is 0 Å². The molecule has 1 aliphatic rings. The van der Waals surface area contributed by atoms with E-state index in [2.05, 4.69) is 15.0 Å². The van der Waals surface area contributed by atoms with E-state index >= 15 is 0 Å². The van der Waals surface area contributed by atoms with Crippen LogP contribution in [-0.2, 0) is 20.8 Å². The lowest BCUT2D eigenvalue weighted by Gasteiger charge is -2.14. The van der Waals surface area contributed by atoms with Gasteiger partial charge in [0.1, 0.15) is 22.4 Å². The Morgan fingerprint density at radius 3 is 2.73 bits per heavy atom. The number of nitrogens with one attached hydrogen (secondary N) is 1. The molecule has 0 saturated heterocycles. The Hall–Kier alpha value is -2.10. The van der Waals surface area contributed by atoms with Crippen molar-refractivity contribution in [1.82, 2.24) is 15.0 Å². The second kappa shape index (κ2) is 7.65. The highest BCUT2D eigenvalue weighted by atomic mass is 32.2. The van der Waals surface area contributed by atoms with E-state index in [4.69, 9.17) is 9.47 Å². The molecule has 0 fully saturated rings. The molecule has 0 spiro atoms. The molecule has 0 aliphatic heterocycles. The molecule has 9 heteroatoms. The zero-order valence-corrected chi connectivity index (χ0v) is 16.5. The summed E-state index contributed by atoms with van der Waals surface area (Å²) in [6.45, 7) is 3.93. The number of hydrogen-bond donors (Lipinski definition) is 1. The highest BCUT2D eigenvalue weighted by Crippen LogP contribution is 2.29. The van der Waals surface area contributed by atoms with Crippen LogP contribution in [0.3, 0.4) is 0 Å². The van der Waals surface area contributed by atoms with E-state index in [0.717, 1.165) is 22.6 Å². The van der Waals surface area contributed by atoms with Crippen LogP contribution in [0, 0.1) is 13.8 Å². The predicted octanol–water partition coefficient (Wildman–Crippen LogP) is 2.16. The summed E-state index contributed by atoms with van der Waals surface area (Å²) in [6, 6.07) is 0. The highest BCUT2D eigenvalue weighted by Gasteiger charge is 2.26. The van der Waals surface area contributed by atoms with Crippen LogP contribution in [0.1, 0.15) is 28.2 Å². The number of hydrogen-bond acceptors (Lipinski definition) is 7. The SMILES string of the molecule is COc1c(C)cnc(CSc2nc3c([nH]2)C=CC(OC)C3=S(=O)=O)c1C. The Morgan fingerprint density at radius 1 is 1.31 bits per heavy atom. The molecule has 26 heavy (non-hydrogen) atoms. The van der Waals surface area contributed by atoms with Crippen molar-refractivity contribution in [3.05, 3.63) is 40.5 Å². The Balaban J connectivity index is 1.87. The summed E-state index contributed by atoms with van der Waals surface area (Å²) in [5.41, 5.74) is 3.94. The first-order valence-electron chi connectivity index (χ1n) is 7.85. The molecule has 138 valence electrons. The van der Waals surface area contributed by atoms with E-state index in [0.29, 0.717) is 22.3 Å². The summed E-state index contributed by atoms with van der Waals surface area (Å²) < 4.78 is 33.8. The summed E-state index contributed by atoms with van der Waals surface area (Å²) in [6.07, 6.45) is 4.64. The third kappa shape index (κ3) is 3.42. The van der Waals surface area contributed by atoms with Crippen LogP contribution in [0.25, 0.3) is 6.08 Å². The number of ether oxygens (including phenoxy) is 2. The number of pyridine rings is 1. The van der Waals surface area contributed by atoms with Crippen molar-refractivity contribution < 1.29 is 17.9 Å². The van der Waals surface area contributed by atoms with Crippen LogP contribution in [0.2, 0.25) is 0 Å². The van der Waals surface area contributed by atoms with E-state index in [1.54, 1.807) is 25.5 Å². The molecule has 0 bridgehead atoms. The molecule has 2 aromatic rings. The number of methoxy groups -OCH3 is 2. The number of imidazole rings is 1. The van der Waals surface area contributed by atoms with Gasteiger partial charge in [0.2, 0.25) is 10.3 Å². The lowest BCUT2D eigenvalue weighted by molar-refractivity contribution is 0.193. The first-order chi connectivity index (χ1) is 12.5. The van der Waals surface area contributed by atoms with E-state index in [1.807, 2.05) is 13.8 Å². The van der Waals surface area contributed by atoms with E-state index in [9.17, 15) is 8.42 Å².